The highest BCUT2D eigenvalue weighted by molar-refractivity contribution is 5.94. The van der Waals surface area contributed by atoms with Crippen LogP contribution < -0.4 is 0 Å². The molecule has 6 aromatic carbocycles. The summed E-state index contributed by atoms with van der Waals surface area (Å²) in [6, 6.07) is 46.7. The summed E-state index contributed by atoms with van der Waals surface area (Å²) >= 11 is 0. The number of fused-ring (bicyclic) bond motifs is 2. The van der Waals surface area contributed by atoms with Gasteiger partial charge >= 0.3 is 0 Å². The van der Waals surface area contributed by atoms with Crippen molar-refractivity contribution in [3.05, 3.63) is 233 Å². The predicted octanol–water partition coefficient (Wildman–Crippen LogP) is 17.6. The van der Waals surface area contributed by atoms with Crippen molar-refractivity contribution in [1.29, 1.82) is 0 Å². The van der Waals surface area contributed by atoms with Gasteiger partial charge in [0, 0.05) is 5.41 Å². The molecule has 0 heterocycles. The minimum absolute atomic E-state index is 0.442. The third kappa shape index (κ3) is 11.4. The molecule has 0 aliphatic carbocycles. The van der Waals surface area contributed by atoms with Crippen LogP contribution in [0.5, 0.6) is 0 Å². The maximum absolute atomic E-state index is 4.03. The lowest BCUT2D eigenvalue weighted by Crippen LogP contribution is -2.29. The molecule has 1 unspecified atom stereocenters. The van der Waals surface area contributed by atoms with Crippen molar-refractivity contribution < 1.29 is 0 Å². The molecule has 0 amide bonds. The van der Waals surface area contributed by atoms with Crippen LogP contribution in [0.15, 0.2) is 188 Å². The van der Waals surface area contributed by atoms with Gasteiger partial charge in [0.05, 0.1) is 0 Å². The first-order valence-electron chi connectivity index (χ1n) is 23.6. The molecule has 0 nitrogen and oxygen atoms in total. The summed E-state index contributed by atoms with van der Waals surface area (Å²) in [5, 5.41) is 5.31. The molecule has 0 spiro atoms. The summed E-state index contributed by atoms with van der Waals surface area (Å²) in [4.78, 5) is 0. The van der Waals surface area contributed by atoms with Gasteiger partial charge in [-0.3, -0.25) is 0 Å². The van der Waals surface area contributed by atoms with E-state index in [0.717, 1.165) is 51.4 Å². The number of aryl methyl sites for hydroxylation is 4. The predicted molar refractivity (Wildman–Crippen MR) is 274 cm³/mol. The first-order chi connectivity index (χ1) is 30.4. The van der Waals surface area contributed by atoms with Crippen LogP contribution in [0.1, 0.15) is 130 Å². The molecule has 6 aromatic rings. The van der Waals surface area contributed by atoms with Crippen molar-refractivity contribution in [3.8, 4) is 0 Å². The minimum Gasteiger partial charge on any atom is -0.0990 e. The smallest absolute Gasteiger partial charge is 0.0441 e. The Kier molecular flexibility index (Phi) is 17.3. The Morgan fingerprint density at radius 3 is 1.69 bits per heavy atom. The molecule has 318 valence electrons. The average Bonchev–Trinajstić information content (AvgIpc) is 3.31. The maximum atomic E-state index is 4.03. The van der Waals surface area contributed by atoms with Crippen LogP contribution in [0.2, 0.25) is 0 Å². The van der Waals surface area contributed by atoms with Gasteiger partial charge in [-0.15, -0.1) is 0 Å². The Labute approximate surface area is 375 Å². The van der Waals surface area contributed by atoms with Crippen LogP contribution in [-0.2, 0) is 31.1 Å². The SMILES string of the molecule is C=C/C=C(\C=C/C)c1ccc(C(C)(c2c(CCCCCC(/C=C\C)=C/C=C/CC)ccc3ccccc23)c2c(CCCCCc3ccc(CC)cc3)ccc3ccccc23)cc1. The van der Waals surface area contributed by atoms with E-state index in [1.54, 1.807) is 0 Å². The molecule has 1 atom stereocenters. The first-order valence-corrected chi connectivity index (χ1v) is 23.6. The Morgan fingerprint density at radius 1 is 0.565 bits per heavy atom. The van der Waals surface area contributed by atoms with Gasteiger partial charge in [0.25, 0.3) is 0 Å². The molecule has 0 bridgehead atoms. The fraction of sp³-hybridized carbons (Fsp3) is 0.290. The maximum Gasteiger partial charge on any atom is 0.0441 e. The minimum atomic E-state index is -0.442. The molecular weight excluding hydrogens is 745 g/mol. The van der Waals surface area contributed by atoms with Crippen LogP contribution in [-0.4, -0.2) is 0 Å². The molecule has 0 heteroatoms. The molecule has 6 rings (SSSR count). The van der Waals surface area contributed by atoms with Crippen LogP contribution in [0.3, 0.4) is 0 Å². The normalized spacial score (nSPS) is 13.6. The van der Waals surface area contributed by atoms with Gasteiger partial charge in [-0.1, -0.05) is 209 Å². The van der Waals surface area contributed by atoms with Gasteiger partial charge in [0.1, 0.15) is 0 Å². The van der Waals surface area contributed by atoms with Crippen LogP contribution in [0, 0.1) is 0 Å². The zero-order valence-electron chi connectivity index (χ0n) is 38.4. The molecular formula is C62H70. The summed E-state index contributed by atoms with van der Waals surface area (Å²) in [5.41, 5.74) is 13.4. The van der Waals surface area contributed by atoms with Gasteiger partial charge in [0.15, 0.2) is 0 Å². The number of rotatable bonds is 22. The molecule has 0 aromatic heterocycles. The number of unbranched alkanes of at least 4 members (excludes halogenated alkanes) is 4. The number of hydrogen-bond acceptors (Lipinski definition) is 0. The standard InChI is InChI=1S/C62H70/c1-7-12-15-27-49(24-8-2)28-16-13-18-32-55-42-40-53-30-20-22-34-58(53)60(55)62(6,57-46-44-52(45-47-57)51(25-9-3)26-10-4)61-56(43-41-54-31-21-23-35-59(54)61)33-19-14-17-29-50-38-36-48(11-5)37-39-50/h8-10,12,15,20-27,30-31,34-47H,3,7,11,13-14,16-19,28-29,32-33H2,1-2,4-6H3/b15-12+,24-8-,26-10-,49-27+,51-25+. The second kappa shape index (κ2) is 23.5. The molecule has 0 aliphatic rings. The van der Waals surface area contributed by atoms with Gasteiger partial charge in [-0.25, -0.2) is 0 Å². The van der Waals surface area contributed by atoms with Crippen LogP contribution in [0.25, 0.3) is 27.1 Å². The lowest BCUT2D eigenvalue weighted by molar-refractivity contribution is 0.642. The fourth-order valence-electron chi connectivity index (χ4n) is 9.54. The highest BCUT2D eigenvalue weighted by atomic mass is 14.4. The van der Waals surface area contributed by atoms with Gasteiger partial charge in [0.2, 0.25) is 0 Å². The number of hydrogen-bond donors (Lipinski definition) is 0. The molecule has 0 N–H and O–H groups in total. The Hall–Kier alpha value is -5.72. The van der Waals surface area contributed by atoms with E-state index in [1.807, 2.05) is 6.08 Å². The Balaban J connectivity index is 1.45. The average molecular weight is 815 g/mol. The van der Waals surface area contributed by atoms with E-state index in [-0.39, 0.29) is 0 Å². The second-order valence-electron chi connectivity index (χ2n) is 17.1. The Bertz CT molecular complexity index is 2510. The van der Waals surface area contributed by atoms with Gasteiger partial charge in [-0.2, -0.15) is 0 Å². The van der Waals surface area contributed by atoms with E-state index >= 15 is 0 Å². The highest BCUT2D eigenvalue weighted by Crippen LogP contribution is 2.48. The van der Waals surface area contributed by atoms with Crippen LogP contribution >= 0.6 is 0 Å². The van der Waals surface area contributed by atoms with Crippen molar-refractivity contribution in [1.82, 2.24) is 0 Å². The van der Waals surface area contributed by atoms with E-state index in [9.17, 15) is 0 Å². The molecule has 0 radical (unpaired) electrons. The lowest BCUT2D eigenvalue weighted by Gasteiger charge is -2.38. The van der Waals surface area contributed by atoms with E-state index < -0.39 is 5.41 Å². The molecule has 0 saturated carbocycles. The van der Waals surface area contributed by atoms with E-state index in [2.05, 4.69) is 211 Å². The fourth-order valence-corrected chi connectivity index (χ4v) is 9.54. The summed E-state index contributed by atoms with van der Waals surface area (Å²) in [6.07, 6.45) is 33.1. The highest BCUT2D eigenvalue weighted by Gasteiger charge is 2.37. The number of allylic oxidation sites excluding steroid dienone is 11. The molecule has 62 heavy (non-hydrogen) atoms. The largest absolute Gasteiger partial charge is 0.0990 e. The van der Waals surface area contributed by atoms with Crippen LogP contribution in [0.4, 0.5) is 0 Å². The molecule has 0 fully saturated rings. The summed E-state index contributed by atoms with van der Waals surface area (Å²) in [6.45, 7) is 15.2. The quantitative estimate of drug-likeness (QED) is 0.0364. The first kappa shape index (κ1) is 45.8. The summed E-state index contributed by atoms with van der Waals surface area (Å²) in [7, 11) is 0. The van der Waals surface area contributed by atoms with Gasteiger partial charge in [-0.05, 0) is 162 Å². The third-order valence-corrected chi connectivity index (χ3v) is 12.8. The monoisotopic (exact) mass is 815 g/mol. The molecule has 0 aliphatic heterocycles. The van der Waals surface area contributed by atoms with Crippen molar-refractivity contribution in [3.63, 3.8) is 0 Å². The second-order valence-corrected chi connectivity index (χ2v) is 17.1. The van der Waals surface area contributed by atoms with E-state index in [1.165, 1.54) is 103 Å². The zero-order valence-corrected chi connectivity index (χ0v) is 38.4. The Morgan fingerprint density at radius 2 is 1.13 bits per heavy atom. The summed E-state index contributed by atoms with van der Waals surface area (Å²) < 4.78 is 0. The van der Waals surface area contributed by atoms with Crippen molar-refractivity contribution in [2.75, 3.05) is 0 Å². The molecule has 0 saturated heterocycles. The van der Waals surface area contributed by atoms with Crippen molar-refractivity contribution >= 4 is 27.1 Å². The van der Waals surface area contributed by atoms with Crippen molar-refractivity contribution in [2.24, 2.45) is 0 Å². The topological polar surface area (TPSA) is 0 Å². The van der Waals surface area contributed by atoms with Crippen molar-refractivity contribution in [2.45, 2.75) is 117 Å². The number of benzene rings is 6. The van der Waals surface area contributed by atoms with Gasteiger partial charge < -0.3 is 0 Å². The lowest BCUT2D eigenvalue weighted by atomic mass is 9.65. The van der Waals surface area contributed by atoms with E-state index in [4.69, 9.17) is 0 Å². The third-order valence-electron chi connectivity index (χ3n) is 12.8. The van der Waals surface area contributed by atoms with E-state index in [0.29, 0.717) is 0 Å². The zero-order chi connectivity index (χ0) is 43.6. The summed E-state index contributed by atoms with van der Waals surface area (Å²) in [5.74, 6) is 0.